The minimum atomic E-state index is -4.54. The standard InChI is InChI=1S/C21H20F3N3O3S/c1-29-14-6-7-17-18(12-14)31-20(26-17)30-13-8-10-27(11-9-13)19(28)25-16-5-3-2-4-15(16)21(22,23)24/h2-7,12-13H,8-11H2,1H3,(H,25,28). The van der Waals surface area contributed by atoms with Gasteiger partial charge in [0.25, 0.3) is 5.19 Å². The molecule has 1 saturated heterocycles. The van der Waals surface area contributed by atoms with Crippen LogP contribution in [0.5, 0.6) is 10.9 Å². The first kappa shape index (κ1) is 21.2. The molecule has 0 saturated carbocycles. The number of nitrogens with zero attached hydrogens (tertiary/aromatic N) is 2. The van der Waals surface area contributed by atoms with Crippen LogP contribution in [0, 0.1) is 0 Å². The number of piperidine rings is 1. The monoisotopic (exact) mass is 451 g/mol. The molecule has 1 aliphatic rings. The summed E-state index contributed by atoms with van der Waals surface area (Å²) in [5, 5.41) is 2.93. The topological polar surface area (TPSA) is 63.7 Å². The third kappa shape index (κ3) is 4.84. The molecule has 0 atom stereocenters. The largest absolute Gasteiger partial charge is 0.497 e. The number of benzene rings is 2. The lowest BCUT2D eigenvalue weighted by molar-refractivity contribution is -0.136. The average molecular weight is 451 g/mol. The molecule has 6 nitrogen and oxygen atoms in total. The van der Waals surface area contributed by atoms with E-state index in [1.165, 1.54) is 34.4 Å². The number of fused-ring (bicyclic) bond motifs is 1. The molecule has 0 radical (unpaired) electrons. The van der Waals surface area contributed by atoms with Gasteiger partial charge in [-0.05, 0) is 30.3 Å². The van der Waals surface area contributed by atoms with Crippen molar-refractivity contribution in [3.8, 4) is 10.9 Å². The van der Waals surface area contributed by atoms with Gasteiger partial charge in [0.15, 0.2) is 0 Å². The van der Waals surface area contributed by atoms with Crippen molar-refractivity contribution in [1.29, 1.82) is 0 Å². The Bertz CT molecular complexity index is 1080. The lowest BCUT2D eigenvalue weighted by atomic mass is 10.1. The number of hydrogen-bond donors (Lipinski definition) is 1. The number of methoxy groups -OCH3 is 1. The summed E-state index contributed by atoms with van der Waals surface area (Å²) in [6.45, 7) is 0.757. The van der Waals surface area contributed by atoms with Crippen molar-refractivity contribution in [2.75, 3.05) is 25.5 Å². The minimum absolute atomic E-state index is 0.117. The van der Waals surface area contributed by atoms with Gasteiger partial charge in [0, 0.05) is 25.9 Å². The highest BCUT2D eigenvalue weighted by molar-refractivity contribution is 7.20. The van der Waals surface area contributed by atoms with Crippen molar-refractivity contribution in [3.63, 3.8) is 0 Å². The first-order valence-corrected chi connectivity index (χ1v) is 10.5. The summed E-state index contributed by atoms with van der Waals surface area (Å²) in [6.07, 6.45) is -3.53. The first-order chi connectivity index (χ1) is 14.8. The molecule has 3 aromatic rings. The zero-order valence-corrected chi connectivity index (χ0v) is 17.4. The number of ether oxygens (including phenoxy) is 2. The number of carbonyl (C=O) groups is 1. The molecular formula is C21H20F3N3O3S. The molecule has 0 unspecified atom stereocenters. The molecule has 1 aliphatic heterocycles. The number of likely N-dealkylation sites (tertiary alicyclic amines) is 1. The van der Waals surface area contributed by atoms with Gasteiger partial charge in [-0.3, -0.25) is 0 Å². The Morgan fingerprint density at radius 2 is 1.94 bits per heavy atom. The molecule has 1 aromatic heterocycles. The Labute approximate surface area is 180 Å². The van der Waals surface area contributed by atoms with Gasteiger partial charge in [0.2, 0.25) is 0 Å². The van der Waals surface area contributed by atoms with Gasteiger partial charge in [0.05, 0.1) is 28.6 Å². The van der Waals surface area contributed by atoms with E-state index in [0.717, 1.165) is 22.0 Å². The molecule has 4 rings (SSSR count). The highest BCUT2D eigenvalue weighted by Gasteiger charge is 2.34. The van der Waals surface area contributed by atoms with Gasteiger partial charge in [0.1, 0.15) is 11.9 Å². The number of nitrogens with one attached hydrogen (secondary N) is 1. The number of hydrogen-bond acceptors (Lipinski definition) is 5. The molecule has 0 aliphatic carbocycles. The number of alkyl halides is 3. The average Bonchev–Trinajstić information content (AvgIpc) is 3.15. The van der Waals surface area contributed by atoms with Crippen LogP contribution in [-0.2, 0) is 6.18 Å². The SMILES string of the molecule is COc1ccc2nc(OC3CCN(C(=O)Nc4ccccc4C(F)(F)F)CC3)sc2c1. The van der Waals surface area contributed by atoms with Gasteiger partial charge in [-0.15, -0.1) is 0 Å². The smallest absolute Gasteiger partial charge is 0.418 e. The van der Waals surface area contributed by atoms with Crippen molar-refractivity contribution in [3.05, 3.63) is 48.0 Å². The summed E-state index contributed by atoms with van der Waals surface area (Å²) in [4.78, 5) is 18.4. The Morgan fingerprint density at radius 1 is 1.19 bits per heavy atom. The molecule has 31 heavy (non-hydrogen) atoms. The number of thiazole rings is 1. The lowest BCUT2D eigenvalue weighted by Gasteiger charge is -2.31. The van der Waals surface area contributed by atoms with E-state index in [2.05, 4.69) is 10.3 Å². The van der Waals surface area contributed by atoms with E-state index >= 15 is 0 Å². The predicted molar refractivity (Wildman–Crippen MR) is 112 cm³/mol. The predicted octanol–water partition coefficient (Wildman–Crippen LogP) is 5.40. The van der Waals surface area contributed by atoms with Crippen LogP contribution in [0.25, 0.3) is 10.2 Å². The van der Waals surface area contributed by atoms with Crippen molar-refractivity contribution in [2.24, 2.45) is 0 Å². The van der Waals surface area contributed by atoms with E-state index in [4.69, 9.17) is 9.47 Å². The second-order valence-electron chi connectivity index (χ2n) is 7.09. The molecule has 0 spiro atoms. The summed E-state index contributed by atoms with van der Waals surface area (Å²) in [5.41, 5.74) is -0.293. The van der Waals surface area contributed by atoms with Crippen LogP contribution in [0.4, 0.5) is 23.7 Å². The minimum Gasteiger partial charge on any atom is -0.497 e. The molecule has 164 valence electrons. The molecule has 1 fully saturated rings. The van der Waals surface area contributed by atoms with E-state index in [1.54, 1.807) is 7.11 Å². The van der Waals surface area contributed by atoms with Gasteiger partial charge >= 0.3 is 12.2 Å². The van der Waals surface area contributed by atoms with Gasteiger partial charge < -0.3 is 19.7 Å². The van der Waals surface area contributed by atoms with Crippen LogP contribution < -0.4 is 14.8 Å². The fourth-order valence-corrected chi connectivity index (χ4v) is 4.32. The highest BCUT2D eigenvalue weighted by atomic mass is 32.1. The van der Waals surface area contributed by atoms with Crippen LogP contribution >= 0.6 is 11.3 Å². The zero-order chi connectivity index (χ0) is 22.0. The summed E-state index contributed by atoms with van der Waals surface area (Å²) in [5.74, 6) is 0.745. The van der Waals surface area contributed by atoms with Crippen LogP contribution in [0.15, 0.2) is 42.5 Å². The van der Waals surface area contributed by atoms with E-state index in [1.807, 2.05) is 18.2 Å². The molecule has 2 aromatic carbocycles. The molecule has 1 N–H and O–H groups in total. The van der Waals surface area contributed by atoms with Crippen LogP contribution in [0.3, 0.4) is 0 Å². The number of aromatic nitrogens is 1. The summed E-state index contributed by atoms with van der Waals surface area (Å²) in [7, 11) is 1.60. The van der Waals surface area contributed by atoms with E-state index in [9.17, 15) is 18.0 Å². The second-order valence-corrected chi connectivity index (χ2v) is 8.08. The maximum absolute atomic E-state index is 13.1. The fourth-order valence-electron chi connectivity index (χ4n) is 3.41. The second kappa shape index (κ2) is 8.62. The molecule has 2 amide bonds. The number of para-hydroxylation sites is 1. The molecule has 10 heteroatoms. The maximum Gasteiger partial charge on any atom is 0.418 e. The van der Waals surface area contributed by atoms with E-state index in [0.29, 0.717) is 31.1 Å². The van der Waals surface area contributed by atoms with Gasteiger partial charge in [-0.25, -0.2) is 9.78 Å². The summed E-state index contributed by atoms with van der Waals surface area (Å²) >= 11 is 1.42. The van der Waals surface area contributed by atoms with Crippen molar-refractivity contribution in [1.82, 2.24) is 9.88 Å². The van der Waals surface area contributed by atoms with Crippen molar-refractivity contribution >= 4 is 33.3 Å². The summed E-state index contributed by atoms with van der Waals surface area (Å²) < 4.78 is 51.5. The summed E-state index contributed by atoms with van der Waals surface area (Å²) in [6, 6.07) is 9.98. The number of anilines is 1. The maximum atomic E-state index is 13.1. The normalized spacial score (nSPS) is 15.2. The number of halogens is 3. The van der Waals surface area contributed by atoms with Crippen LogP contribution in [0.1, 0.15) is 18.4 Å². The number of rotatable bonds is 4. The Morgan fingerprint density at radius 3 is 2.65 bits per heavy atom. The molecule has 0 bridgehead atoms. The van der Waals surface area contributed by atoms with Crippen molar-refractivity contribution < 1.29 is 27.4 Å². The Hall–Kier alpha value is -3.01. The molecular weight excluding hydrogens is 431 g/mol. The van der Waals surface area contributed by atoms with Crippen LogP contribution in [-0.4, -0.2) is 42.2 Å². The number of urea groups is 1. The highest BCUT2D eigenvalue weighted by Crippen LogP contribution is 2.35. The quantitative estimate of drug-likeness (QED) is 0.577. The zero-order valence-electron chi connectivity index (χ0n) is 16.6. The van der Waals surface area contributed by atoms with Gasteiger partial charge in [-0.2, -0.15) is 13.2 Å². The lowest BCUT2D eigenvalue weighted by Crippen LogP contribution is -2.44. The van der Waals surface area contributed by atoms with Crippen LogP contribution in [0.2, 0.25) is 0 Å². The van der Waals surface area contributed by atoms with E-state index < -0.39 is 17.8 Å². The Kier molecular flexibility index (Phi) is 5.90. The van der Waals surface area contributed by atoms with E-state index in [-0.39, 0.29) is 11.8 Å². The first-order valence-electron chi connectivity index (χ1n) is 9.67. The molecule has 2 heterocycles. The Balaban J connectivity index is 1.34. The van der Waals surface area contributed by atoms with Crippen molar-refractivity contribution in [2.45, 2.75) is 25.1 Å². The fraction of sp³-hybridized carbons (Fsp3) is 0.333. The van der Waals surface area contributed by atoms with Gasteiger partial charge in [-0.1, -0.05) is 23.5 Å². The third-order valence-electron chi connectivity index (χ3n) is 5.05. The number of carbonyl (C=O) groups excluding carboxylic acids is 1. The number of amides is 2. The third-order valence-corrected chi connectivity index (χ3v) is 5.96.